The number of hydrogen-bond donors (Lipinski definition) is 1. The summed E-state index contributed by atoms with van der Waals surface area (Å²) in [5.41, 5.74) is 0.591. The van der Waals surface area contributed by atoms with Crippen molar-refractivity contribution in [1.82, 2.24) is 20.1 Å². The van der Waals surface area contributed by atoms with Gasteiger partial charge in [0.15, 0.2) is 6.10 Å². The van der Waals surface area contributed by atoms with Crippen LogP contribution in [0.3, 0.4) is 0 Å². The quantitative estimate of drug-likeness (QED) is 0.749. The van der Waals surface area contributed by atoms with Gasteiger partial charge in [-0.2, -0.15) is 0 Å². The van der Waals surface area contributed by atoms with Gasteiger partial charge in [-0.1, -0.05) is 30.3 Å². The number of hydrogen-bond acceptors (Lipinski definition) is 6. The van der Waals surface area contributed by atoms with E-state index < -0.39 is 23.6 Å². The van der Waals surface area contributed by atoms with Crippen molar-refractivity contribution < 1.29 is 23.5 Å². The third kappa shape index (κ3) is 3.56. The van der Waals surface area contributed by atoms with Crippen LogP contribution in [0, 0.1) is 0 Å². The van der Waals surface area contributed by atoms with Gasteiger partial charge >= 0.3 is 6.03 Å². The fraction of sp³-hybridized carbons (Fsp3) is 0.429. The molecule has 1 aromatic heterocycles. The number of rotatable bonds is 5. The summed E-state index contributed by atoms with van der Waals surface area (Å²) in [7, 11) is 1.59. The zero-order valence-corrected chi connectivity index (χ0v) is 17.2. The van der Waals surface area contributed by atoms with E-state index in [2.05, 4.69) is 10.3 Å². The monoisotopic (exact) mass is 412 g/mol. The maximum Gasteiger partial charge on any atom is 0.325 e. The van der Waals surface area contributed by atoms with Crippen molar-refractivity contribution in [2.45, 2.75) is 38.5 Å². The topological polar surface area (TPSA) is 105 Å². The zero-order chi connectivity index (χ0) is 21.5. The molecule has 158 valence electrons. The molecule has 4 rings (SSSR count). The average Bonchev–Trinajstić information content (AvgIpc) is 3.22. The minimum Gasteiger partial charge on any atom is -0.442 e. The number of imide groups is 1. The minimum atomic E-state index is -1.000. The smallest absolute Gasteiger partial charge is 0.325 e. The van der Waals surface area contributed by atoms with Crippen LogP contribution < -0.4 is 5.32 Å². The Bertz CT molecular complexity index is 985. The van der Waals surface area contributed by atoms with E-state index in [-0.39, 0.29) is 19.0 Å². The summed E-state index contributed by atoms with van der Waals surface area (Å²) in [4.78, 5) is 44.2. The number of nitrogens with one attached hydrogen (secondary N) is 1. The Morgan fingerprint density at radius 3 is 2.67 bits per heavy atom. The van der Waals surface area contributed by atoms with Crippen LogP contribution in [0.15, 0.2) is 34.7 Å². The molecule has 1 saturated heterocycles. The number of aromatic nitrogens is 1. The molecule has 2 aromatic rings. The van der Waals surface area contributed by atoms with Crippen LogP contribution in [-0.2, 0) is 27.3 Å². The van der Waals surface area contributed by atoms with Crippen LogP contribution >= 0.6 is 0 Å². The summed E-state index contributed by atoms with van der Waals surface area (Å²) in [6, 6.07) is 9.08. The van der Waals surface area contributed by atoms with Crippen molar-refractivity contribution in [2.75, 3.05) is 20.2 Å². The summed E-state index contributed by atoms with van der Waals surface area (Å²) in [6.07, 6.45) is 0.0689. The standard InChI is InChI=1S/C21H24N4O5/c1-21(2)19(27)25(20(28)23-21)12-16(26)24-10-9-15-14(11-24)22-18(30-15)17(29-3)13-7-5-4-6-8-13/h4-8,17H,9-12H2,1-3H3,(H,23,28). The van der Waals surface area contributed by atoms with E-state index in [0.717, 1.165) is 16.2 Å². The Morgan fingerprint density at radius 1 is 1.30 bits per heavy atom. The molecule has 1 aromatic carbocycles. The number of oxazole rings is 1. The molecular formula is C21H24N4O5. The molecule has 1 N–H and O–H groups in total. The van der Waals surface area contributed by atoms with Gasteiger partial charge in [0.25, 0.3) is 5.91 Å². The average molecular weight is 412 g/mol. The van der Waals surface area contributed by atoms with Gasteiger partial charge in [0.05, 0.1) is 6.54 Å². The molecular weight excluding hydrogens is 388 g/mol. The molecule has 2 aliphatic rings. The van der Waals surface area contributed by atoms with E-state index in [9.17, 15) is 14.4 Å². The molecule has 3 heterocycles. The lowest BCUT2D eigenvalue weighted by Gasteiger charge is -2.27. The minimum absolute atomic E-state index is 0.260. The SMILES string of the molecule is COC(c1ccccc1)c1nc2c(o1)CCN(C(=O)CN1C(=O)NC(C)(C)C1=O)C2. The van der Waals surface area contributed by atoms with E-state index >= 15 is 0 Å². The van der Waals surface area contributed by atoms with Crippen LogP contribution in [0.2, 0.25) is 0 Å². The van der Waals surface area contributed by atoms with Crippen LogP contribution in [-0.4, -0.2) is 58.4 Å². The largest absolute Gasteiger partial charge is 0.442 e. The molecule has 2 aliphatic heterocycles. The van der Waals surface area contributed by atoms with Gasteiger partial charge in [-0.25, -0.2) is 9.78 Å². The first kappa shape index (κ1) is 20.1. The Balaban J connectivity index is 1.47. The van der Waals surface area contributed by atoms with Crippen molar-refractivity contribution >= 4 is 17.8 Å². The summed E-state index contributed by atoms with van der Waals surface area (Å²) in [5, 5.41) is 2.58. The summed E-state index contributed by atoms with van der Waals surface area (Å²) in [6.45, 7) is 3.62. The Hall–Kier alpha value is -3.20. The number of fused-ring (bicyclic) bond motifs is 1. The van der Waals surface area contributed by atoms with E-state index in [1.54, 1.807) is 25.9 Å². The van der Waals surface area contributed by atoms with Gasteiger partial charge in [-0.15, -0.1) is 0 Å². The second kappa shape index (κ2) is 7.56. The Labute approximate surface area is 174 Å². The first-order chi connectivity index (χ1) is 14.3. The predicted molar refractivity (Wildman–Crippen MR) is 105 cm³/mol. The Morgan fingerprint density at radius 2 is 2.03 bits per heavy atom. The Kier molecular flexibility index (Phi) is 5.07. The fourth-order valence-electron chi connectivity index (χ4n) is 3.75. The lowest BCUT2D eigenvalue weighted by Crippen LogP contribution is -2.45. The number of benzene rings is 1. The second-order valence-corrected chi connectivity index (χ2v) is 7.96. The molecule has 9 heteroatoms. The number of urea groups is 1. The summed E-state index contributed by atoms with van der Waals surface area (Å²) < 4.78 is 11.5. The third-order valence-corrected chi connectivity index (χ3v) is 5.40. The van der Waals surface area contributed by atoms with Crippen molar-refractivity contribution in [3.63, 3.8) is 0 Å². The van der Waals surface area contributed by atoms with Gasteiger partial charge < -0.3 is 19.4 Å². The highest BCUT2D eigenvalue weighted by Gasteiger charge is 2.45. The van der Waals surface area contributed by atoms with Gasteiger partial charge in [0.2, 0.25) is 11.8 Å². The van der Waals surface area contributed by atoms with Gasteiger partial charge in [0.1, 0.15) is 23.5 Å². The first-order valence-electron chi connectivity index (χ1n) is 9.78. The normalized spacial score (nSPS) is 18.9. The van der Waals surface area contributed by atoms with E-state index in [1.807, 2.05) is 30.3 Å². The molecule has 0 radical (unpaired) electrons. The van der Waals surface area contributed by atoms with Crippen molar-refractivity contribution in [3.8, 4) is 0 Å². The van der Waals surface area contributed by atoms with Gasteiger partial charge in [-0.3, -0.25) is 14.5 Å². The predicted octanol–water partition coefficient (Wildman–Crippen LogP) is 1.63. The van der Waals surface area contributed by atoms with Gasteiger partial charge in [0, 0.05) is 20.1 Å². The molecule has 0 bridgehead atoms. The molecule has 4 amide bonds. The van der Waals surface area contributed by atoms with Crippen molar-refractivity contribution in [2.24, 2.45) is 0 Å². The van der Waals surface area contributed by atoms with Gasteiger partial charge in [-0.05, 0) is 19.4 Å². The first-order valence-corrected chi connectivity index (χ1v) is 9.78. The fourth-order valence-corrected chi connectivity index (χ4v) is 3.75. The number of carbonyl (C=O) groups excluding carboxylic acids is 3. The van der Waals surface area contributed by atoms with Crippen LogP contribution in [0.25, 0.3) is 0 Å². The highest BCUT2D eigenvalue weighted by molar-refractivity contribution is 6.08. The third-order valence-electron chi connectivity index (χ3n) is 5.40. The summed E-state index contributed by atoms with van der Waals surface area (Å²) >= 11 is 0. The number of carbonyl (C=O) groups is 3. The highest BCUT2D eigenvalue weighted by atomic mass is 16.5. The molecule has 0 aliphatic carbocycles. The van der Waals surface area contributed by atoms with Crippen LogP contribution in [0.5, 0.6) is 0 Å². The molecule has 0 saturated carbocycles. The summed E-state index contributed by atoms with van der Waals surface area (Å²) in [5.74, 6) is 0.452. The lowest BCUT2D eigenvalue weighted by molar-refractivity contribution is -0.139. The number of methoxy groups -OCH3 is 1. The highest BCUT2D eigenvalue weighted by Crippen LogP contribution is 2.29. The van der Waals surface area contributed by atoms with Crippen LogP contribution in [0.4, 0.5) is 4.79 Å². The lowest BCUT2D eigenvalue weighted by atomic mass is 10.1. The molecule has 0 spiro atoms. The van der Waals surface area contributed by atoms with Crippen LogP contribution in [0.1, 0.15) is 42.9 Å². The van der Waals surface area contributed by atoms with Crippen molar-refractivity contribution in [1.29, 1.82) is 0 Å². The number of amides is 4. The molecule has 9 nitrogen and oxygen atoms in total. The molecule has 1 fully saturated rings. The van der Waals surface area contributed by atoms with E-state index in [0.29, 0.717) is 24.6 Å². The molecule has 1 atom stereocenters. The maximum absolute atomic E-state index is 12.8. The van der Waals surface area contributed by atoms with E-state index in [1.165, 1.54) is 0 Å². The molecule has 30 heavy (non-hydrogen) atoms. The number of ether oxygens (including phenoxy) is 1. The van der Waals surface area contributed by atoms with Crippen molar-refractivity contribution in [3.05, 3.63) is 53.2 Å². The second-order valence-electron chi connectivity index (χ2n) is 7.96. The maximum atomic E-state index is 12.8. The zero-order valence-electron chi connectivity index (χ0n) is 17.2. The number of nitrogens with zero attached hydrogens (tertiary/aromatic N) is 3. The van der Waals surface area contributed by atoms with E-state index in [4.69, 9.17) is 9.15 Å². The molecule has 1 unspecified atom stereocenters.